The van der Waals surface area contributed by atoms with Crippen molar-refractivity contribution in [2.75, 3.05) is 0 Å². The maximum atomic E-state index is 13.8. The van der Waals surface area contributed by atoms with Gasteiger partial charge in [-0.2, -0.15) is 0 Å². The molecule has 0 aliphatic rings. The molecule has 0 aliphatic heterocycles. The van der Waals surface area contributed by atoms with Gasteiger partial charge in [0.05, 0.1) is 18.6 Å². The molecule has 2 N–H and O–H groups in total. The second-order valence-electron chi connectivity index (χ2n) is 4.27. The van der Waals surface area contributed by atoms with Crippen LogP contribution >= 0.6 is 0 Å². The van der Waals surface area contributed by atoms with E-state index in [9.17, 15) is 4.39 Å². The van der Waals surface area contributed by atoms with Crippen LogP contribution in [0.1, 0.15) is 17.0 Å². The van der Waals surface area contributed by atoms with E-state index in [0.717, 1.165) is 17.5 Å². The summed E-state index contributed by atoms with van der Waals surface area (Å²) in [6, 6.07) is 4.19. The fourth-order valence-corrected chi connectivity index (χ4v) is 1.74. The zero-order valence-electron chi connectivity index (χ0n) is 10.3. The Morgan fingerprint density at radius 2 is 2.06 bits per heavy atom. The van der Waals surface area contributed by atoms with Crippen LogP contribution in [0.3, 0.4) is 0 Å². The lowest BCUT2D eigenvalue weighted by molar-refractivity contribution is 0.425. The molecule has 0 saturated carbocycles. The van der Waals surface area contributed by atoms with Crippen molar-refractivity contribution < 1.29 is 14.4 Å². The molecule has 0 fully saturated rings. The minimum absolute atomic E-state index is 0.148. The van der Waals surface area contributed by atoms with Gasteiger partial charge in [0.1, 0.15) is 5.82 Å². The second kappa shape index (κ2) is 4.92. The van der Waals surface area contributed by atoms with Crippen molar-refractivity contribution in [2.24, 2.45) is 0 Å². The summed E-state index contributed by atoms with van der Waals surface area (Å²) in [5, 5.41) is 17.9. The minimum atomic E-state index is -1.65. The molecule has 0 saturated heterocycles. The SMILES string of the molecule is Cc1ncn(Cc2ccc(B(O)O)cc2F)c1C. The number of benzene rings is 1. The number of hydrogen-bond acceptors (Lipinski definition) is 3. The molecule has 1 aromatic heterocycles. The van der Waals surface area contributed by atoms with Gasteiger partial charge in [-0.15, -0.1) is 0 Å². The number of aryl methyl sites for hydroxylation is 1. The Hall–Kier alpha value is -1.66. The topological polar surface area (TPSA) is 58.3 Å². The monoisotopic (exact) mass is 248 g/mol. The summed E-state index contributed by atoms with van der Waals surface area (Å²) in [5.74, 6) is -0.452. The van der Waals surface area contributed by atoms with E-state index in [-0.39, 0.29) is 5.46 Å². The third-order valence-corrected chi connectivity index (χ3v) is 3.06. The average Bonchev–Trinajstić information content (AvgIpc) is 2.63. The first-order valence-electron chi connectivity index (χ1n) is 5.62. The summed E-state index contributed by atoms with van der Waals surface area (Å²) in [6.45, 7) is 4.19. The van der Waals surface area contributed by atoms with E-state index in [0.29, 0.717) is 12.1 Å². The zero-order valence-corrected chi connectivity index (χ0v) is 10.3. The van der Waals surface area contributed by atoms with Gasteiger partial charge in [-0.05, 0) is 25.4 Å². The third-order valence-electron chi connectivity index (χ3n) is 3.06. The van der Waals surface area contributed by atoms with E-state index in [2.05, 4.69) is 4.98 Å². The van der Waals surface area contributed by atoms with Crippen LogP contribution in [0, 0.1) is 19.7 Å². The fraction of sp³-hybridized carbons (Fsp3) is 0.250. The molecular weight excluding hydrogens is 234 g/mol. The van der Waals surface area contributed by atoms with Crippen LogP contribution in [0.15, 0.2) is 24.5 Å². The number of nitrogens with zero attached hydrogens (tertiary/aromatic N) is 2. The summed E-state index contributed by atoms with van der Waals surface area (Å²) in [5.41, 5.74) is 2.54. The Balaban J connectivity index is 2.27. The van der Waals surface area contributed by atoms with E-state index in [1.54, 1.807) is 12.4 Å². The highest BCUT2D eigenvalue weighted by molar-refractivity contribution is 6.58. The molecule has 0 atom stereocenters. The van der Waals surface area contributed by atoms with Crippen molar-refractivity contribution in [2.45, 2.75) is 20.4 Å². The molecule has 6 heteroatoms. The van der Waals surface area contributed by atoms with Gasteiger partial charge in [-0.3, -0.25) is 0 Å². The van der Waals surface area contributed by atoms with Gasteiger partial charge in [0.15, 0.2) is 0 Å². The molecular formula is C12H14BFN2O2. The van der Waals surface area contributed by atoms with Crippen LogP contribution in [0.25, 0.3) is 0 Å². The van der Waals surface area contributed by atoms with Gasteiger partial charge in [0.2, 0.25) is 0 Å². The van der Waals surface area contributed by atoms with Crippen molar-refractivity contribution in [1.82, 2.24) is 9.55 Å². The molecule has 0 amide bonds. The molecule has 4 nitrogen and oxygen atoms in total. The minimum Gasteiger partial charge on any atom is -0.423 e. The quantitative estimate of drug-likeness (QED) is 0.771. The zero-order chi connectivity index (χ0) is 13.3. The van der Waals surface area contributed by atoms with Gasteiger partial charge in [-0.1, -0.05) is 12.1 Å². The number of aromatic nitrogens is 2. The second-order valence-corrected chi connectivity index (χ2v) is 4.27. The Morgan fingerprint density at radius 1 is 1.33 bits per heavy atom. The highest BCUT2D eigenvalue weighted by Gasteiger charge is 2.14. The van der Waals surface area contributed by atoms with E-state index in [1.807, 2.05) is 18.4 Å². The van der Waals surface area contributed by atoms with Crippen molar-refractivity contribution in [3.05, 3.63) is 47.3 Å². The lowest BCUT2D eigenvalue weighted by atomic mass is 9.80. The lowest BCUT2D eigenvalue weighted by Gasteiger charge is -2.08. The van der Waals surface area contributed by atoms with Crippen LogP contribution in [0.2, 0.25) is 0 Å². The Morgan fingerprint density at radius 3 is 2.56 bits per heavy atom. The molecule has 0 unspecified atom stereocenters. The van der Waals surface area contributed by atoms with Crippen LogP contribution in [-0.2, 0) is 6.54 Å². The average molecular weight is 248 g/mol. The van der Waals surface area contributed by atoms with Gasteiger partial charge >= 0.3 is 7.12 Å². The maximum absolute atomic E-state index is 13.8. The molecule has 18 heavy (non-hydrogen) atoms. The van der Waals surface area contributed by atoms with Gasteiger partial charge < -0.3 is 14.6 Å². The molecule has 0 spiro atoms. The Bertz CT molecular complexity index is 569. The normalized spacial score (nSPS) is 10.7. The van der Waals surface area contributed by atoms with Crippen molar-refractivity contribution in [3.63, 3.8) is 0 Å². The Kier molecular flexibility index (Phi) is 3.49. The van der Waals surface area contributed by atoms with Crippen LogP contribution in [0.5, 0.6) is 0 Å². The van der Waals surface area contributed by atoms with Crippen LogP contribution in [-0.4, -0.2) is 26.7 Å². The van der Waals surface area contributed by atoms with Crippen LogP contribution < -0.4 is 5.46 Å². The number of halogens is 1. The standard InChI is InChI=1S/C12H14BFN2O2/c1-8-9(2)16(7-15-8)6-10-3-4-11(13(17)18)5-12(10)14/h3-5,7,17-18H,6H2,1-2H3. The predicted octanol–water partition coefficient (Wildman–Crippen LogP) is 0.367. The van der Waals surface area contributed by atoms with Gasteiger partial charge in [0.25, 0.3) is 0 Å². The van der Waals surface area contributed by atoms with E-state index in [1.165, 1.54) is 6.07 Å². The molecule has 2 rings (SSSR count). The van der Waals surface area contributed by atoms with E-state index < -0.39 is 12.9 Å². The first kappa shape index (κ1) is 12.8. The number of rotatable bonds is 3. The van der Waals surface area contributed by atoms with Gasteiger partial charge in [-0.25, -0.2) is 9.37 Å². The predicted molar refractivity (Wildman–Crippen MR) is 67.0 cm³/mol. The summed E-state index contributed by atoms with van der Waals surface area (Å²) in [4.78, 5) is 4.15. The van der Waals surface area contributed by atoms with Crippen molar-refractivity contribution >= 4 is 12.6 Å². The summed E-state index contributed by atoms with van der Waals surface area (Å²) < 4.78 is 15.6. The molecule has 0 radical (unpaired) electrons. The lowest BCUT2D eigenvalue weighted by Crippen LogP contribution is -2.30. The number of imidazole rings is 1. The summed E-state index contributed by atoms with van der Waals surface area (Å²) in [7, 11) is -1.65. The molecule has 1 aromatic carbocycles. The summed E-state index contributed by atoms with van der Waals surface area (Å²) >= 11 is 0. The highest BCUT2D eigenvalue weighted by atomic mass is 19.1. The molecule has 94 valence electrons. The largest absolute Gasteiger partial charge is 0.488 e. The molecule has 0 bridgehead atoms. The third kappa shape index (κ3) is 2.44. The van der Waals surface area contributed by atoms with Crippen molar-refractivity contribution in [1.29, 1.82) is 0 Å². The molecule has 2 aromatic rings. The fourth-order valence-electron chi connectivity index (χ4n) is 1.74. The number of hydrogen-bond donors (Lipinski definition) is 2. The van der Waals surface area contributed by atoms with E-state index >= 15 is 0 Å². The van der Waals surface area contributed by atoms with Crippen molar-refractivity contribution in [3.8, 4) is 0 Å². The molecule has 0 aliphatic carbocycles. The van der Waals surface area contributed by atoms with Gasteiger partial charge in [0, 0.05) is 11.3 Å². The molecule has 1 heterocycles. The Labute approximate surface area is 105 Å². The first-order valence-corrected chi connectivity index (χ1v) is 5.62. The smallest absolute Gasteiger partial charge is 0.423 e. The summed E-state index contributed by atoms with van der Waals surface area (Å²) in [6.07, 6.45) is 1.67. The first-order chi connectivity index (χ1) is 8.49. The van der Waals surface area contributed by atoms with E-state index in [4.69, 9.17) is 10.0 Å². The van der Waals surface area contributed by atoms with Crippen LogP contribution in [0.4, 0.5) is 4.39 Å². The maximum Gasteiger partial charge on any atom is 0.488 e. The highest BCUT2D eigenvalue weighted by Crippen LogP contribution is 2.11.